The summed E-state index contributed by atoms with van der Waals surface area (Å²) in [5.41, 5.74) is 0. The Morgan fingerprint density at radius 1 is 1.60 bits per heavy atom. The van der Waals surface area contributed by atoms with E-state index in [9.17, 15) is 0 Å². The van der Waals surface area contributed by atoms with E-state index in [-0.39, 0.29) is 0 Å². The number of rotatable bonds is 2. The van der Waals surface area contributed by atoms with Gasteiger partial charge in [-0.1, -0.05) is 24.9 Å². The third kappa shape index (κ3) is 2.45. The van der Waals surface area contributed by atoms with Crippen LogP contribution in [0.1, 0.15) is 33.1 Å². The second kappa shape index (κ2) is 4.71. The smallest absolute Gasteiger partial charge is 0.186 e. The van der Waals surface area contributed by atoms with Crippen LogP contribution in [0.3, 0.4) is 0 Å². The zero-order chi connectivity index (χ0) is 10.8. The third-order valence-corrected chi connectivity index (χ3v) is 4.47. The fraction of sp³-hybridized carbons (Fsp3) is 0.727. The van der Waals surface area contributed by atoms with Crippen molar-refractivity contribution in [1.82, 2.24) is 4.98 Å². The molecule has 2 nitrogen and oxygen atoms in total. The molecule has 2 unspecified atom stereocenters. The molecule has 1 aliphatic rings. The zero-order valence-electron chi connectivity index (χ0n) is 9.24. The fourth-order valence-electron chi connectivity index (χ4n) is 2.16. The fourth-order valence-corrected chi connectivity index (χ4v) is 3.22. The highest BCUT2D eigenvalue weighted by atomic mass is 35.5. The second-order valence-corrected chi connectivity index (χ2v) is 5.53. The van der Waals surface area contributed by atoms with Crippen LogP contribution in [0.5, 0.6) is 0 Å². The lowest BCUT2D eigenvalue weighted by Gasteiger charge is -2.37. The monoisotopic (exact) mass is 244 g/mol. The highest BCUT2D eigenvalue weighted by Crippen LogP contribution is 2.31. The summed E-state index contributed by atoms with van der Waals surface area (Å²) in [6.45, 7) is 5.69. The molecule has 1 aromatic heterocycles. The Hall–Kier alpha value is -0.280. The number of thiazole rings is 1. The van der Waals surface area contributed by atoms with Crippen molar-refractivity contribution in [1.29, 1.82) is 0 Å². The van der Waals surface area contributed by atoms with Crippen LogP contribution in [0.2, 0.25) is 5.15 Å². The summed E-state index contributed by atoms with van der Waals surface area (Å²) in [7, 11) is 0. The first kappa shape index (κ1) is 11.2. The maximum atomic E-state index is 5.87. The van der Waals surface area contributed by atoms with Gasteiger partial charge in [0.05, 0.1) is 0 Å². The minimum atomic E-state index is 0.606. The van der Waals surface area contributed by atoms with Gasteiger partial charge in [-0.25, -0.2) is 4.98 Å². The Morgan fingerprint density at radius 2 is 2.40 bits per heavy atom. The summed E-state index contributed by atoms with van der Waals surface area (Å²) in [6.07, 6.45) is 3.89. The number of piperidine rings is 1. The van der Waals surface area contributed by atoms with Crippen LogP contribution in [-0.4, -0.2) is 17.6 Å². The molecule has 0 N–H and O–H groups in total. The zero-order valence-corrected chi connectivity index (χ0v) is 10.8. The first-order valence-corrected chi connectivity index (χ1v) is 6.84. The van der Waals surface area contributed by atoms with E-state index in [2.05, 4.69) is 23.7 Å². The van der Waals surface area contributed by atoms with Crippen LogP contribution in [0.4, 0.5) is 5.13 Å². The molecule has 0 amide bonds. The summed E-state index contributed by atoms with van der Waals surface area (Å²) in [4.78, 5) is 6.77. The molecule has 2 heterocycles. The number of anilines is 1. The first-order valence-electron chi connectivity index (χ1n) is 5.58. The number of aromatic nitrogens is 1. The highest BCUT2D eigenvalue weighted by Gasteiger charge is 2.26. The third-order valence-electron chi connectivity index (χ3n) is 3.27. The predicted octanol–water partition coefficient (Wildman–Crippen LogP) is 3.81. The largest absolute Gasteiger partial charge is 0.345 e. The molecular weight excluding hydrogens is 228 g/mol. The minimum Gasteiger partial charge on any atom is -0.345 e. The van der Waals surface area contributed by atoms with Crippen molar-refractivity contribution in [3.05, 3.63) is 10.5 Å². The molecule has 0 aliphatic carbocycles. The van der Waals surface area contributed by atoms with E-state index in [1.54, 1.807) is 11.3 Å². The van der Waals surface area contributed by atoms with Crippen molar-refractivity contribution in [3.63, 3.8) is 0 Å². The van der Waals surface area contributed by atoms with Gasteiger partial charge in [-0.05, 0) is 25.7 Å². The van der Waals surface area contributed by atoms with Crippen LogP contribution < -0.4 is 4.90 Å². The minimum absolute atomic E-state index is 0.606. The van der Waals surface area contributed by atoms with E-state index in [0.717, 1.165) is 17.6 Å². The molecule has 0 bridgehead atoms. The molecule has 0 saturated carbocycles. The van der Waals surface area contributed by atoms with Gasteiger partial charge in [0.1, 0.15) is 5.15 Å². The lowest BCUT2D eigenvalue weighted by molar-refractivity contribution is 0.359. The topological polar surface area (TPSA) is 16.1 Å². The lowest BCUT2D eigenvalue weighted by atomic mass is 9.92. The summed E-state index contributed by atoms with van der Waals surface area (Å²) in [6, 6.07) is 0.606. The number of nitrogens with zero attached hydrogens (tertiary/aromatic N) is 2. The van der Waals surface area contributed by atoms with E-state index in [0.29, 0.717) is 11.2 Å². The highest BCUT2D eigenvalue weighted by molar-refractivity contribution is 7.14. The summed E-state index contributed by atoms with van der Waals surface area (Å²) in [5, 5.41) is 3.63. The first-order chi connectivity index (χ1) is 7.20. The van der Waals surface area contributed by atoms with E-state index in [1.165, 1.54) is 19.3 Å². The van der Waals surface area contributed by atoms with Crippen LogP contribution in [0, 0.1) is 5.92 Å². The average molecular weight is 245 g/mol. The van der Waals surface area contributed by atoms with Crippen LogP contribution in [0.25, 0.3) is 0 Å². The van der Waals surface area contributed by atoms with Gasteiger partial charge < -0.3 is 4.90 Å². The van der Waals surface area contributed by atoms with E-state index >= 15 is 0 Å². The molecule has 4 heteroatoms. The maximum absolute atomic E-state index is 5.87. The molecule has 0 spiro atoms. The van der Waals surface area contributed by atoms with Gasteiger partial charge in [-0.3, -0.25) is 0 Å². The molecule has 1 fully saturated rings. The normalized spacial score (nSPS) is 27.0. The van der Waals surface area contributed by atoms with Gasteiger partial charge in [0.2, 0.25) is 0 Å². The molecule has 0 radical (unpaired) electrons. The Labute approximate surface area is 100 Å². The van der Waals surface area contributed by atoms with Gasteiger partial charge >= 0.3 is 0 Å². The second-order valence-electron chi connectivity index (χ2n) is 4.31. The summed E-state index contributed by atoms with van der Waals surface area (Å²) >= 11 is 7.53. The van der Waals surface area contributed by atoms with Crippen molar-refractivity contribution < 1.29 is 0 Å². The molecule has 1 aliphatic heterocycles. The van der Waals surface area contributed by atoms with Crippen molar-refractivity contribution in [2.24, 2.45) is 5.92 Å². The van der Waals surface area contributed by atoms with Crippen molar-refractivity contribution >= 4 is 28.1 Å². The molecule has 0 aromatic carbocycles. The summed E-state index contributed by atoms with van der Waals surface area (Å²) < 4.78 is 0. The Balaban J connectivity index is 2.12. The maximum Gasteiger partial charge on any atom is 0.186 e. The molecule has 1 aromatic rings. The standard InChI is InChI=1S/C11H17ClN2S/c1-3-9-5-4-8(2)14(6-9)11-13-10(12)7-15-11/h7-9H,3-6H2,1-2H3. The van der Waals surface area contributed by atoms with Crippen LogP contribution in [0.15, 0.2) is 5.38 Å². The summed E-state index contributed by atoms with van der Waals surface area (Å²) in [5.74, 6) is 0.823. The molecule has 84 valence electrons. The molecule has 15 heavy (non-hydrogen) atoms. The van der Waals surface area contributed by atoms with E-state index in [1.807, 2.05) is 5.38 Å². The number of hydrogen-bond acceptors (Lipinski definition) is 3. The van der Waals surface area contributed by atoms with Crippen molar-refractivity contribution in [2.75, 3.05) is 11.4 Å². The molecule has 1 saturated heterocycles. The van der Waals surface area contributed by atoms with E-state index in [4.69, 9.17) is 11.6 Å². The van der Waals surface area contributed by atoms with Gasteiger partial charge in [-0.2, -0.15) is 0 Å². The number of hydrogen-bond donors (Lipinski definition) is 0. The molecular formula is C11H17ClN2S. The van der Waals surface area contributed by atoms with Crippen molar-refractivity contribution in [3.8, 4) is 0 Å². The Bertz CT molecular complexity index is 326. The van der Waals surface area contributed by atoms with Crippen LogP contribution in [-0.2, 0) is 0 Å². The Morgan fingerprint density at radius 3 is 3.00 bits per heavy atom. The lowest BCUT2D eigenvalue weighted by Crippen LogP contribution is -2.41. The Kier molecular flexibility index (Phi) is 3.52. The van der Waals surface area contributed by atoms with Gasteiger partial charge in [0.15, 0.2) is 5.13 Å². The quantitative estimate of drug-likeness (QED) is 0.787. The van der Waals surface area contributed by atoms with Gasteiger partial charge in [-0.15, -0.1) is 11.3 Å². The predicted molar refractivity (Wildman–Crippen MR) is 66.9 cm³/mol. The molecule has 2 rings (SSSR count). The SMILES string of the molecule is CCC1CCC(C)N(c2nc(Cl)cs2)C1. The van der Waals surface area contributed by atoms with Crippen LogP contribution >= 0.6 is 22.9 Å². The van der Waals surface area contributed by atoms with Crippen molar-refractivity contribution in [2.45, 2.75) is 39.2 Å². The average Bonchev–Trinajstić information content (AvgIpc) is 2.65. The molecule has 2 atom stereocenters. The van der Waals surface area contributed by atoms with E-state index < -0.39 is 0 Å². The van der Waals surface area contributed by atoms with Gasteiger partial charge in [0, 0.05) is 18.0 Å². The number of halogens is 1. The van der Waals surface area contributed by atoms with Gasteiger partial charge in [0.25, 0.3) is 0 Å².